The van der Waals surface area contributed by atoms with Crippen LogP contribution >= 0.6 is 11.6 Å². The van der Waals surface area contributed by atoms with Gasteiger partial charge in [-0.05, 0) is 31.7 Å². The Bertz CT molecular complexity index is 688. The molecule has 2 amide bonds. The normalized spacial score (nSPS) is 21.4. The molecule has 29 heavy (non-hydrogen) atoms. The zero-order valence-corrected chi connectivity index (χ0v) is 17.5. The third kappa shape index (κ3) is 5.92. The summed E-state index contributed by atoms with van der Waals surface area (Å²) in [4.78, 5) is 27.5. The molecular weight excluding hydrogens is 395 g/mol. The number of carbonyl (C=O) groups excluding carboxylic acids is 2. The highest BCUT2D eigenvalue weighted by Crippen LogP contribution is 2.28. The summed E-state index contributed by atoms with van der Waals surface area (Å²) in [6.45, 7) is 0.856. The molecule has 1 N–H and O–H groups in total. The van der Waals surface area contributed by atoms with E-state index in [0.29, 0.717) is 6.61 Å². The van der Waals surface area contributed by atoms with Gasteiger partial charge in [-0.2, -0.15) is 0 Å². The van der Waals surface area contributed by atoms with Gasteiger partial charge in [0.25, 0.3) is 0 Å². The average Bonchev–Trinajstić information content (AvgIpc) is 3.11. The number of nitrogens with zero attached hydrogens (tertiary/aromatic N) is 1. The molecule has 5 nitrogen and oxygen atoms in total. The van der Waals surface area contributed by atoms with Gasteiger partial charge >= 0.3 is 0 Å². The van der Waals surface area contributed by atoms with Gasteiger partial charge in [-0.1, -0.05) is 43.9 Å². The molecule has 1 aliphatic heterocycles. The van der Waals surface area contributed by atoms with Crippen LogP contribution in [0.3, 0.4) is 0 Å². The Morgan fingerprint density at radius 2 is 1.86 bits per heavy atom. The molecule has 0 unspecified atom stereocenters. The number of amides is 2. The summed E-state index contributed by atoms with van der Waals surface area (Å²) in [5.74, 6) is -1.52. The Kier molecular flexibility index (Phi) is 8.30. The summed E-state index contributed by atoms with van der Waals surface area (Å²) in [5.41, 5.74) is 0.190. The number of carbonyl (C=O) groups is 2. The fourth-order valence-corrected chi connectivity index (χ4v) is 4.44. The molecule has 7 heteroatoms. The second-order valence-electron chi connectivity index (χ2n) is 7.94. The predicted octanol–water partition coefficient (Wildman–Crippen LogP) is 3.95. The lowest BCUT2D eigenvalue weighted by atomic mass is 10.0. The molecule has 2 fully saturated rings. The van der Waals surface area contributed by atoms with Crippen LogP contribution in [0.15, 0.2) is 24.3 Å². The molecule has 0 spiro atoms. The number of alkyl halides is 1. The highest BCUT2D eigenvalue weighted by molar-refractivity contribution is 6.27. The van der Waals surface area contributed by atoms with E-state index in [0.717, 1.165) is 38.5 Å². The zero-order valence-electron chi connectivity index (χ0n) is 16.7. The first-order valence-electron chi connectivity index (χ1n) is 10.6. The van der Waals surface area contributed by atoms with Crippen molar-refractivity contribution in [3.63, 3.8) is 0 Å². The predicted molar refractivity (Wildman–Crippen MR) is 110 cm³/mol. The monoisotopic (exact) mass is 424 g/mol. The minimum Gasteiger partial charge on any atom is -0.376 e. The van der Waals surface area contributed by atoms with Gasteiger partial charge in [0.2, 0.25) is 11.8 Å². The Hall–Kier alpha value is -1.66. The van der Waals surface area contributed by atoms with Crippen molar-refractivity contribution in [2.24, 2.45) is 0 Å². The summed E-state index contributed by atoms with van der Waals surface area (Å²) in [6, 6.07) is 5.13. The van der Waals surface area contributed by atoms with E-state index < -0.39 is 17.8 Å². The largest absolute Gasteiger partial charge is 0.376 e. The smallest absolute Gasteiger partial charge is 0.247 e. The van der Waals surface area contributed by atoms with Crippen molar-refractivity contribution < 1.29 is 18.7 Å². The molecule has 1 aliphatic carbocycles. The Morgan fingerprint density at radius 3 is 2.48 bits per heavy atom. The number of rotatable bonds is 7. The second kappa shape index (κ2) is 10.9. The van der Waals surface area contributed by atoms with Crippen molar-refractivity contribution in [3.8, 4) is 0 Å². The van der Waals surface area contributed by atoms with Gasteiger partial charge < -0.3 is 15.0 Å². The van der Waals surface area contributed by atoms with E-state index in [1.807, 2.05) is 0 Å². The second-order valence-corrected chi connectivity index (χ2v) is 8.20. The minimum atomic E-state index is -1.06. The lowest BCUT2D eigenvalue weighted by molar-refractivity contribution is -0.141. The Morgan fingerprint density at radius 1 is 1.14 bits per heavy atom. The van der Waals surface area contributed by atoms with Crippen LogP contribution in [0.4, 0.5) is 4.39 Å². The van der Waals surface area contributed by atoms with Gasteiger partial charge in [-0.25, -0.2) is 4.39 Å². The van der Waals surface area contributed by atoms with Crippen molar-refractivity contribution >= 4 is 23.4 Å². The van der Waals surface area contributed by atoms with Gasteiger partial charge in [-0.3, -0.25) is 9.59 Å². The number of halogens is 2. The summed E-state index contributed by atoms with van der Waals surface area (Å²) >= 11 is 5.86. The van der Waals surface area contributed by atoms with Crippen molar-refractivity contribution in [1.29, 1.82) is 0 Å². The van der Waals surface area contributed by atoms with Crippen LogP contribution in [0.5, 0.6) is 0 Å². The minimum absolute atomic E-state index is 0.0509. The lowest BCUT2D eigenvalue weighted by Crippen LogP contribution is -2.49. The van der Waals surface area contributed by atoms with E-state index in [1.54, 1.807) is 18.2 Å². The molecule has 1 saturated heterocycles. The third-order valence-electron chi connectivity index (χ3n) is 5.82. The van der Waals surface area contributed by atoms with E-state index in [4.69, 9.17) is 16.3 Å². The van der Waals surface area contributed by atoms with Crippen LogP contribution in [-0.2, 0) is 14.3 Å². The van der Waals surface area contributed by atoms with Gasteiger partial charge in [0.15, 0.2) is 0 Å². The van der Waals surface area contributed by atoms with Crippen LogP contribution in [0, 0.1) is 5.82 Å². The van der Waals surface area contributed by atoms with Gasteiger partial charge in [-0.15, -0.1) is 11.6 Å². The van der Waals surface area contributed by atoms with Crippen LogP contribution in [0.1, 0.15) is 63.0 Å². The van der Waals surface area contributed by atoms with E-state index in [9.17, 15) is 14.0 Å². The standard InChI is InChI=1S/C22H30ClFN2O3/c23-14-20(27)26(15-17-10-7-13-29-17)21(18-11-5-6-12-19(18)24)22(28)25-16-8-3-1-2-4-9-16/h5-6,11-12,16-17,21H,1-4,7-10,13-15H2,(H,25,28)/t17-,21+/m1/s1. The van der Waals surface area contributed by atoms with Gasteiger partial charge in [0, 0.05) is 24.8 Å². The van der Waals surface area contributed by atoms with Crippen molar-refractivity contribution in [3.05, 3.63) is 35.6 Å². The molecule has 1 heterocycles. The SMILES string of the molecule is O=C(NC1CCCCCC1)[C@H](c1ccccc1F)N(C[C@H]1CCCO1)C(=O)CCl. The van der Waals surface area contributed by atoms with Crippen molar-refractivity contribution in [2.45, 2.75) is 69.6 Å². The fourth-order valence-electron chi connectivity index (χ4n) is 4.29. The quantitative estimate of drug-likeness (QED) is 0.532. The molecule has 0 aromatic heterocycles. The Labute approximate surface area is 176 Å². The van der Waals surface area contributed by atoms with Crippen molar-refractivity contribution in [2.75, 3.05) is 19.0 Å². The molecular formula is C22H30ClFN2O3. The third-order valence-corrected chi connectivity index (χ3v) is 6.05. The number of hydrogen-bond donors (Lipinski definition) is 1. The first kappa shape index (κ1) is 22.0. The summed E-state index contributed by atoms with van der Waals surface area (Å²) in [7, 11) is 0. The molecule has 1 saturated carbocycles. The fraction of sp³-hybridized carbons (Fsp3) is 0.636. The number of benzene rings is 1. The van der Waals surface area contributed by atoms with E-state index in [2.05, 4.69) is 5.32 Å². The summed E-state index contributed by atoms with van der Waals surface area (Å²) in [5, 5.41) is 3.09. The maximum Gasteiger partial charge on any atom is 0.247 e. The molecule has 1 aromatic rings. The maximum absolute atomic E-state index is 14.7. The van der Waals surface area contributed by atoms with Gasteiger partial charge in [0.05, 0.1) is 6.10 Å². The molecule has 1 aromatic carbocycles. The molecule has 2 atom stereocenters. The van der Waals surface area contributed by atoms with Crippen LogP contribution in [0.25, 0.3) is 0 Å². The molecule has 0 radical (unpaired) electrons. The van der Waals surface area contributed by atoms with Crippen LogP contribution in [-0.4, -0.2) is 47.9 Å². The average molecular weight is 425 g/mol. The van der Waals surface area contributed by atoms with E-state index in [1.165, 1.54) is 23.8 Å². The molecule has 3 rings (SSSR count). The summed E-state index contributed by atoms with van der Waals surface area (Å²) < 4.78 is 20.4. The summed E-state index contributed by atoms with van der Waals surface area (Å²) in [6.07, 6.45) is 7.83. The highest BCUT2D eigenvalue weighted by Gasteiger charge is 2.36. The number of ether oxygens (including phenoxy) is 1. The van der Waals surface area contributed by atoms with Crippen LogP contribution < -0.4 is 5.32 Å². The first-order valence-corrected chi connectivity index (χ1v) is 11.2. The first-order chi connectivity index (χ1) is 14.1. The van der Waals surface area contributed by atoms with E-state index >= 15 is 0 Å². The zero-order chi connectivity index (χ0) is 20.6. The molecule has 2 aliphatic rings. The number of hydrogen-bond acceptors (Lipinski definition) is 3. The van der Waals surface area contributed by atoms with Crippen molar-refractivity contribution in [1.82, 2.24) is 10.2 Å². The molecule has 160 valence electrons. The highest BCUT2D eigenvalue weighted by atomic mass is 35.5. The topological polar surface area (TPSA) is 58.6 Å². The Balaban J connectivity index is 1.88. The lowest BCUT2D eigenvalue weighted by Gasteiger charge is -2.33. The number of nitrogens with one attached hydrogen (secondary N) is 1. The van der Waals surface area contributed by atoms with Gasteiger partial charge in [0.1, 0.15) is 17.7 Å². The van der Waals surface area contributed by atoms with Crippen LogP contribution in [0.2, 0.25) is 0 Å². The maximum atomic E-state index is 14.7. The molecule has 0 bridgehead atoms. The van der Waals surface area contributed by atoms with E-state index in [-0.39, 0.29) is 36.0 Å².